The van der Waals surface area contributed by atoms with Crippen LogP contribution in [0.5, 0.6) is 0 Å². The van der Waals surface area contributed by atoms with Gasteiger partial charge in [0.2, 0.25) is 5.95 Å². The van der Waals surface area contributed by atoms with Crippen LogP contribution in [0.4, 0.5) is 17.3 Å². The van der Waals surface area contributed by atoms with Gasteiger partial charge in [-0.3, -0.25) is 9.78 Å². The number of H-pyrrole nitrogens is 1. The summed E-state index contributed by atoms with van der Waals surface area (Å²) < 4.78 is 1.54. The van der Waals surface area contributed by atoms with Crippen LogP contribution in [-0.4, -0.2) is 50.3 Å². The molecule has 3 heterocycles. The number of carbonyl (C=O) groups excluding carboxylic acids is 1. The quantitative estimate of drug-likeness (QED) is 0.332. The van der Waals surface area contributed by atoms with Crippen LogP contribution in [0.3, 0.4) is 0 Å². The predicted molar refractivity (Wildman–Crippen MR) is 138 cm³/mol. The number of nitriles is 1. The summed E-state index contributed by atoms with van der Waals surface area (Å²) in [5.41, 5.74) is 3.87. The first-order valence-electron chi connectivity index (χ1n) is 11.9. The van der Waals surface area contributed by atoms with Crippen molar-refractivity contribution in [2.45, 2.75) is 18.9 Å². The van der Waals surface area contributed by atoms with Gasteiger partial charge in [-0.1, -0.05) is 12.1 Å². The highest BCUT2D eigenvalue weighted by atomic mass is 16.2. The zero-order valence-corrected chi connectivity index (χ0v) is 20.0. The molecule has 1 amide bonds. The molecule has 11 nitrogen and oxygen atoms in total. The SMILES string of the molecule is N#CCNC(=O)c1ccc(-c2ccnc(Nc3ccc(N4CCC(n5nc[nH]c5=O)CC4)cc3)n2)cc1. The Bertz CT molecular complexity index is 1460. The van der Waals surface area contributed by atoms with Crippen molar-refractivity contribution in [2.24, 2.45) is 0 Å². The molecule has 2 aromatic heterocycles. The fourth-order valence-electron chi connectivity index (χ4n) is 4.37. The molecule has 1 aliphatic heterocycles. The lowest BCUT2D eigenvalue weighted by atomic mass is 10.0. The van der Waals surface area contributed by atoms with E-state index in [9.17, 15) is 9.59 Å². The average molecular weight is 496 g/mol. The van der Waals surface area contributed by atoms with Gasteiger partial charge in [-0.15, -0.1) is 0 Å². The van der Waals surface area contributed by atoms with Crippen LogP contribution in [0.15, 0.2) is 71.9 Å². The van der Waals surface area contributed by atoms with Crippen LogP contribution in [-0.2, 0) is 0 Å². The summed E-state index contributed by atoms with van der Waals surface area (Å²) in [5.74, 6) is 0.172. The number of benzene rings is 2. The first kappa shape index (κ1) is 23.7. The van der Waals surface area contributed by atoms with Crippen LogP contribution in [0.1, 0.15) is 29.2 Å². The number of hydrogen-bond donors (Lipinski definition) is 3. The first-order chi connectivity index (χ1) is 18.1. The summed E-state index contributed by atoms with van der Waals surface area (Å²) in [7, 11) is 0. The largest absolute Gasteiger partial charge is 0.371 e. The number of piperidine rings is 1. The third-order valence-electron chi connectivity index (χ3n) is 6.30. The van der Waals surface area contributed by atoms with E-state index in [2.05, 4.69) is 47.7 Å². The lowest BCUT2D eigenvalue weighted by Crippen LogP contribution is -2.37. The molecule has 186 valence electrons. The number of rotatable bonds is 7. The lowest BCUT2D eigenvalue weighted by Gasteiger charge is -2.33. The molecule has 1 saturated heterocycles. The maximum Gasteiger partial charge on any atom is 0.343 e. The van der Waals surface area contributed by atoms with Crippen LogP contribution in [0, 0.1) is 11.3 Å². The average Bonchev–Trinajstić information content (AvgIpc) is 3.38. The molecule has 0 unspecified atom stereocenters. The Morgan fingerprint density at radius 1 is 1.08 bits per heavy atom. The number of anilines is 3. The molecule has 0 saturated carbocycles. The summed E-state index contributed by atoms with van der Waals surface area (Å²) in [4.78, 5) is 37.6. The topological polar surface area (TPSA) is 145 Å². The van der Waals surface area contributed by atoms with E-state index in [1.807, 2.05) is 30.3 Å². The van der Waals surface area contributed by atoms with Crippen molar-refractivity contribution >= 4 is 23.2 Å². The maximum atomic E-state index is 12.0. The Morgan fingerprint density at radius 3 is 2.51 bits per heavy atom. The van der Waals surface area contributed by atoms with Gasteiger partial charge in [-0.05, 0) is 55.3 Å². The molecule has 5 rings (SSSR count). The predicted octanol–water partition coefficient (Wildman–Crippen LogP) is 2.87. The van der Waals surface area contributed by atoms with E-state index in [1.165, 1.54) is 6.33 Å². The molecule has 3 N–H and O–H groups in total. The molecular weight excluding hydrogens is 470 g/mol. The second-order valence-corrected chi connectivity index (χ2v) is 8.61. The minimum absolute atomic E-state index is 0.0324. The smallest absolute Gasteiger partial charge is 0.343 e. The molecule has 1 aliphatic rings. The summed E-state index contributed by atoms with van der Waals surface area (Å²) >= 11 is 0. The number of nitrogens with one attached hydrogen (secondary N) is 3. The van der Waals surface area contributed by atoms with Crippen molar-refractivity contribution < 1.29 is 4.79 Å². The summed E-state index contributed by atoms with van der Waals surface area (Å²) in [6.45, 7) is 1.66. The normalized spacial score (nSPS) is 13.6. The Hall–Kier alpha value is -4.98. The highest BCUT2D eigenvalue weighted by Crippen LogP contribution is 2.27. The minimum atomic E-state index is -0.292. The van der Waals surface area contributed by atoms with E-state index >= 15 is 0 Å². The highest BCUT2D eigenvalue weighted by molar-refractivity contribution is 5.94. The third-order valence-corrected chi connectivity index (χ3v) is 6.30. The van der Waals surface area contributed by atoms with E-state index < -0.39 is 0 Å². The van der Waals surface area contributed by atoms with Gasteiger partial charge in [0.05, 0.1) is 17.8 Å². The van der Waals surface area contributed by atoms with Gasteiger partial charge in [0.15, 0.2) is 0 Å². The van der Waals surface area contributed by atoms with Gasteiger partial charge < -0.3 is 15.5 Å². The van der Waals surface area contributed by atoms with Crippen molar-refractivity contribution in [2.75, 3.05) is 29.9 Å². The second kappa shape index (κ2) is 10.7. The fourth-order valence-corrected chi connectivity index (χ4v) is 4.37. The van der Waals surface area contributed by atoms with Crippen molar-refractivity contribution in [3.8, 4) is 17.3 Å². The van der Waals surface area contributed by atoms with Crippen LogP contribution in [0.2, 0.25) is 0 Å². The number of aromatic amines is 1. The Kier molecular flexibility index (Phi) is 6.89. The first-order valence-corrected chi connectivity index (χ1v) is 11.9. The standard InChI is InChI=1S/C26H25N9O2/c27-12-14-28-24(36)19-3-1-18(2-4-19)23-9-13-29-25(33-23)32-20-5-7-21(8-6-20)34-15-10-22(11-16-34)35-26(37)30-17-31-35/h1-9,13,17,22H,10-11,14-16H2,(H,28,36)(H,29,32,33)(H,30,31,37). The second-order valence-electron chi connectivity index (χ2n) is 8.61. The van der Waals surface area contributed by atoms with E-state index in [0.29, 0.717) is 11.5 Å². The van der Waals surface area contributed by atoms with E-state index in [1.54, 1.807) is 29.1 Å². The lowest BCUT2D eigenvalue weighted by molar-refractivity contribution is 0.0958. The van der Waals surface area contributed by atoms with E-state index in [0.717, 1.165) is 48.6 Å². The monoisotopic (exact) mass is 495 g/mol. The molecule has 11 heteroatoms. The van der Waals surface area contributed by atoms with Crippen LogP contribution >= 0.6 is 0 Å². The molecule has 0 atom stereocenters. The number of carbonyl (C=O) groups is 1. The van der Waals surface area contributed by atoms with Crippen molar-refractivity contribution in [3.05, 3.63) is 83.2 Å². The van der Waals surface area contributed by atoms with Crippen molar-refractivity contribution in [1.82, 2.24) is 30.0 Å². The Morgan fingerprint density at radius 2 is 1.84 bits per heavy atom. The number of hydrogen-bond acceptors (Lipinski definition) is 8. The van der Waals surface area contributed by atoms with Gasteiger partial charge in [-0.2, -0.15) is 10.4 Å². The van der Waals surface area contributed by atoms with Crippen LogP contribution in [0.25, 0.3) is 11.3 Å². The molecule has 0 spiro atoms. The number of aromatic nitrogens is 5. The molecular formula is C26H25N9O2. The Balaban J connectivity index is 1.20. The minimum Gasteiger partial charge on any atom is -0.371 e. The Labute approximate surface area is 212 Å². The number of amides is 1. The molecule has 37 heavy (non-hydrogen) atoms. The number of nitrogens with zero attached hydrogens (tertiary/aromatic N) is 6. The summed E-state index contributed by atoms with van der Waals surface area (Å²) in [5, 5.41) is 18.5. The molecule has 0 radical (unpaired) electrons. The van der Waals surface area contributed by atoms with Crippen LogP contribution < -0.4 is 21.2 Å². The zero-order valence-electron chi connectivity index (χ0n) is 20.0. The zero-order chi connectivity index (χ0) is 25.6. The van der Waals surface area contributed by atoms with Crippen molar-refractivity contribution in [3.63, 3.8) is 0 Å². The van der Waals surface area contributed by atoms with E-state index in [4.69, 9.17) is 5.26 Å². The fraction of sp³-hybridized carbons (Fsp3) is 0.231. The van der Waals surface area contributed by atoms with Gasteiger partial charge in [0.1, 0.15) is 12.9 Å². The molecule has 2 aromatic carbocycles. The van der Waals surface area contributed by atoms with Gasteiger partial charge in [0, 0.05) is 41.8 Å². The highest BCUT2D eigenvalue weighted by Gasteiger charge is 2.22. The molecule has 1 fully saturated rings. The van der Waals surface area contributed by atoms with E-state index in [-0.39, 0.29) is 24.2 Å². The third kappa shape index (κ3) is 5.48. The van der Waals surface area contributed by atoms with Gasteiger partial charge >= 0.3 is 5.69 Å². The molecule has 4 aromatic rings. The maximum absolute atomic E-state index is 12.0. The van der Waals surface area contributed by atoms with Gasteiger partial charge in [0.25, 0.3) is 5.91 Å². The summed E-state index contributed by atoms with van der Waals surface area (Å²) in [6.07, 6.45) is 4.84. The summed E-state index contributed by atoms with van der Waals surface area (Å²) in [6, 6.07) is 18.9. The molecule has 0 bridgehead atoms. The van der Waals surface area contributed by atoms with Gasteiger partial charge in [-0.25, -0.2) is 19.4 Å². The molecule has 0 aliphatic carbocycles. The van der Waals surface area contributed by atoms with Crippen molar-refractivity contribution in [1.29, 1.82) is 5.26 Å².